The van der Waals surface area contributed by atoms with E-state index in [0.717, 1.165) is 32.2 Å². The summed E-state index contributed by atoms with van der Waals surface area (Å²) in [5.74, 6) is 0.349. The molecule has 0 bridgehead atoms. The molecule has 0 radical (unpaired) electrons. The van der Waals surface area contributed by atoms with E-state index in [1.165, 1.54) is 35.3 Å². The number of amides is 1. The Hall–Kier alpha value is -3.17. The molecule has 11 nitrogen and oxygen atoms in total. The number of carbonyl (C=O) groups excluding carboxylic acids is 1. The van der Waals surface area contributed by atoms with Gasteiger partial charge in [-0.25, -0.2) is 22.8 Å². The predicted octanol–water partition coefficient (Wildman–Crippen LogP) is 5.85. The highest BCUT2D eigenvalue weighted by molar-refractivity contribution is 7.90. The van der Waals surface area contributed by atoms with E-state index >= 15 is 0 Å². The Balaban J connectivity index is 1.19. The van der Waals surface area contributed by atoms with Gasteiger partial charge in [-0.15, -0.1) is 5.10 Å². The number of pyridine rings is 1. The van der Waals surface area contributed by atoms with Gasteiger partial charge in [0, 0.05) is 30.5 Å². The summed E-state index contributed by atoms with van der Waals surface area (Å²) >= 11 is 6.28. The van der Waals surface area contributed by atoms with Crippen LogP contribution in [0, 0.1) is 24.2 Å². The summed E-state index contributed by atoms with van der Waals surface area (Å²) in [6.07, 6.45) is 2.80. The van der Waals surface area contributed by atoms with Crippen LogP contribution in [0.4, 0.5) is 13.2 Å². The first-order valence-corrected chi connectivity index (χ1v) is 17.7. The topological polar surface area (TPSA) is 133 Å². The Morgan fingerprint density at radius 1 is 1.21 bits per heavy atom. The third-order valence-corrected chi connectivity index (χ3v) is 11.0. The molecule has 1 saturated carbocycles. The highest BCUT2D eigenvalue weighted by atomic mass is 35.5. The molecule has 2 N–H and O–H groups in total. The van der Waals surface area contributed by atoms with Gasteiger partial charge in [0.1, 0.15) is 10.0 Å². The number of sulfonamides is 1. The lowest BCUT2D eigenvalue weighted by Gasteiger charge is -2.24. The SMILES string of the molecule is CCCC(CCn1cc(S(=O)(=O)NC(=O)c2ccc(-n3ccc(OCCC4(C(F)(F)F)CC4)n3)nc2Cl)c(C)n1)C1CNC(C)(C)C1. The van der Waals surface area contributed by atoms with Gasteiger partial charge in [0.15, 0.2) is 5.82 Å². The maximum Gasteiger partial charge on any atom is 0.394 e. The Bertz CT molecular complexity index is 1700. The van der Waals surface area contributed by atoms with Crippen LogP contribution in [0.3, 0.4) is 0 Å². The van der Waals surface area contributed by atoms with Crippen LogP contribution in [0.1, 0.15) is 81.8 Å². The lowest BCUT2D eigenvalue weighted by molar-refractivity contribution is -0.190. The monoisotopic (exact) mass is 699 g/mol. The maximum absolute atomic E-state index is 13.2. The van der Waals surface area contributed by atoms with Crippen LogP contribution in [0.15, 0.2) is 35.5 Å². The molecule has 2 fully saturated rings. The van der Waals surface area contributed by atoms with Crippen molar-refractivity contribution in [2.75, 3.05) is 13.2 Å². The molecule has 0 spiro atoms. The molecular formula is C31H41ClF3N7O4S. The van der Waals surface area contributed by atoms with Crippen molar-refractivity contribution in [2.24, 2.45) is 17.3 Å². The van der Waals surface area contributed by atoms with E-state index in [1.807, 2.05) is 0 Å². The number of aryl methyl sites for hydroxylation is 2. The Morgan fingerprint density at radius 3 is 2.57 bits per heavy atom. The van der Waals surface area contributed by atoms with Gasteiger partial charge in [0.25, 0.3) is 15.9 Å². The van der Waals surface area contributed by atoms with Crippen LogP contribution in [0.5, 0.6) is 5.88 Å². The first kappa shape index (κ1) is 35.1. The molecule has 258 valence electrons. The van der Waals surface area contributed by atoms with Crippen molar-refractivity contribution in [3.8, 4) is 11.7 Å². The minimum atomic E-state index is -4.28. The number of rotatable bonds is 14. The fraction of sp³-hybridized carbons (Fsp3) is 0.613. The molecular weight excluding hydrogens is 659 g/mol. The van der Waals surface area contributed by atoms with Gasteiger partial charge in [0.05, 0.1) is 23.3 Å². The Kier molecular flexibility index (Phi) is 10.0. The molecule has 1 amide bonds. The van der Waals surface area contributed by atoms with Gasteiger partial charge in [-0.1, -0.05) is 31.4 Å². The molecule has 2 atom stereocenters. The molecule has 1 aliphatic carbocycles. The second kappa shape index (κ2) is 13.4. The van der Waals surface area contributed by atoms with E-state index in [0.29, 0.717) is 18.4 Å². The van der Waals surface area contributed by atoms with Crippen LogP contribution < -0.4 is 14.8 Å². The van der Waals surface area contributed by atoms with Crippen molar-refractivity contribution >= 4 is 27.5 Å². The van der Waals surface area contributed by atoms with E-state index < -0.39 is 27.5 Å². The van der Waals surface area contributed by atoms with E-state index in [1.54, 1.807) is 11.6 Å². The van der Waals surface area contributed by atoms with Gasteiger partial charge in [-0.05, 0) is 83.4 Å². The lowest BCUT2D eigenvalue weighted by Crippen LogP contribution is -2.31. The lowest BCUT2D eigenvalue weighted by atomic mass is 9.82. The number of hydrogen-bond donors (Lipinski definition) is 2. The number of aromatic nitrogens is 5. The van der Waals surface area contributed by atoms with E-state index in [4.69, 9.17) is 16.3 Å². The van der Waals surface area contributed by atoms with Crippen molar-refractivity contribution < 1.29 is 31.1 Å². The van der Waals surface area contributed by atoms with E-state index in [9.17, 15) is 26.4 Å². The Labute approximate surface area is 277 Å². The molecule has 16 heteroatoms. The summed E-state index contributed by atoms with van der Waals surface area (Å²) in [4.78, 5) is 17.1. The minimum Gasteiger partial charge on any atom is -0.477 e. The zero-order valence-electron chi connectivity index (χ0n) is 26.9. The van der Waals surface area contributed by atoms with Crippen LogP contribution in [-0.2, 0) is 16.6 Å². The zero-order chi connectivity index (χ0) is 34.2. The summed E-state index contributed by atoms with van der Waals surface area (Å²) < 4.78 is 76.3. The van der Waals surface area contributed by atoms with Gasteiger partial charge in [-0.3, -0.25) is 9.48 Å². The van der Waals surface area contributed by atoms with Gasteiger partial charge >= 0.3 is 6.18 Å². The van der Waals surface area contributed by atoms with Crippen molar-refractivity contribution in [2.45, 2.75) is 95.8 Å². The van der Waals surface area contributed by atoms with E-state index in [2.05, 4.69) is 46.0 Å². The van der Waals surface area contributed by atoms with Crippen molar-refractivity contribution in [3.63, 3.8) is 0 Å². The third-order valence-electron chi connectivity index (χ3n) is 9.25. The molecule has 0 aromatic carbocycles. The molecule has 3 aromatic heterocycles. The largest absolute Gasteiger partial charge is 0.477 e. The van der Waals surface area contributed by atoms with Crippen molar-refractivity contribution in [1.29, 1.82) is 0 Å². The summed E-state index contributed by atoms with van der Waals surface area (Å²) in [6, 6.07) is 4.18. The highest BCUT2D eigenvalue weighted by Gasteiger charge is 2.62. The molecule has 1 saturated heterocycles. The number of hydrogen-bond acceptors (Lipinski definition) is 8. The highest BCUT2D eigenvalue weighted by Crippen LogP contribution is 2.59. The number of nitrogens with one attached hydrogen (secondary N) is 2. The summed E-state index contributed by atoms with van der Waals surface area (Å²) in [5, 5.41) is 11.9. The average molecular weight is 700 g/mol. The number of nitrogens with zero attached hydrogens (tertiary/aromatic N) is 5. The van der Waals surface area contributed by atoms with Crippen LogP contribution in [0.2, 0.25) is 5.15 Å². The molecule has 47 heavy (non-hydrogen) atoms. The van der Waals surface area contributed by atoms with Crippen molar-refractivity contribution in [3.05, 3.63) is 47.0 Å². The van der Waals surface area contributed by atoms with Crippen LogP contribution >= 0.6 is 11.6 Å². The third kappa shape index (κ3) is 8.11. The van der Waals surface area contributed by atoms with Crippen molar-refractivity contribution in [1.82, 2.24) is 34.6 Å². The first-order chi connectivity index (χ1) is 22.0. The molecule has 2 aliphatic rings. The average Bonchev–Trinajstić information content (AvgIpc) is 3.27. The first-order valence-electron chi connectivity index (χ1n) is 15.8. The molecule has 4 heterocycles. The smallest absolute Gasteiger partial charge is 0.394 e. The fourth-order valence-corrected chi connectivity index (χ4v) is 7.74. The van der Waals surface area contributed by atoms with E-state index in [-0.39, 0.29) is 64.4 Å². The van der Waals surface area contributed by atoms with Gasteiger partial charge in [0.2, 0.25) is 5.88 Å². The fourth-order valence-electron chi connectivity index (χ4n) is 6.35. The molecule has 5 rings (SSSR count). The quantitative estimate of drug-likeness (QED) is 0.200. The van der Waals surface area contributed by atoms with Crippen LogP contribution in [-0.4, -0.2) is 63.7 Å². The Morgan fingerprint density at radius 2 is 1.96 bits per heavy atom. The normalized spacial score (nSPS) is 19.4. The predicted molar refractivity (Wildman–Crippen MR) is 169 cm³/mol. The standard InChI is InChI=1S/C31H41ClF3N7O4S/c1-5-6-21(22-17-29(3,4)36-18-22)9-14-41-19-24(20(2)38-41)47(44,45)40-28(43)23-7-8-25(37-27(23)32)42-15-10-26(39-42)46-16-13-30(11-12-30)31(33,34)35/h7-8,10,15,19,21-22,36H,5-6,9,11-14,16-18H2,1-4H3,(H,40,43). The molecule has 2 unspecified atom stereocenters. The summed E-state index contributed by atoms with van der Waals surface area (Å²) in [6.45, 7) is 9.53. The second-order valence-electron chi connectivity index (χ2n) is 13.3. The summed E-state index contributed by atoms with van der Waals surface area (Å²) in [7, 11) is -4.28. The van der Waals surface area contributed by atoms with Crippen LogP contribution in [0.25, 0.3) is 5.82 Å². The number of alkyl halides is 3. The number of ether oxygens (including phenoxy) is 1. The zero-order valence-corrected chi connectivity index (χ0v) is 28.5. The summed E-state index contributed by atoms with van der Waals surface area (Å²) in [5.41, 5.74) is -1.47. The van der Waals surface area contributed by atoms with Gasteiger partial charge in [-0.2, -0.15) is 18.3 Å². The minimum absolute atomic E-state index is 0.0954. The molecule has 1 aliphatic heterocycles. The molecule has 3 aromatic rings. The number of halogens is 4. The van der Waals surface area contributed by atoms with Gasteiger partial charge < -0.3 is 10.1 Å². The second-order valence-corrected chi connectivity index (χ2v) is 15.3. The maximum atomic E-state index is 13.2. The number of carbonyl (C=O) groups is 1.